The van der Waals surface area contributed by atoms with E-state index >= 15 is 0 Å². The highest BCUT2D eigenvalue weighted by atomic mass is 16.6. The fourth-order valence-corrected chi connectivity index (χ4v) is 2.17. The van der Waals surface area contributed by atoms with Crippen molar-refractivity contribution in [2.24, 2.45) is 5.41 Å². The van der Waals surface area contributed by atoms with E-state index in [0.717, 1.165) is 25.9 Å². The van der Waals surface area contributed by atoms with Crippen molar-refractivity contribution in [3.8, 4) is 0 Å². The minimum Gasteiger partial charge on any atom is -0.357 e. The summed E-state index contributed by atoms with van der Waals surface area (Å²) in [7, 11) is 1.70. The summed E-state index contributed by atoms with van der Waals surface area (Å²) in [4.78, 5) is 20.8. The molecule has 0 unspecified atom stereocenters. The van der Waals surface area contributed by atoms with Crippen LogP contribution in [-0.4, -0.2) is 35.0 Å². The number of rotatable bonds is 3. The Morgan fingerprint density at radius 1 is 1.42 bits per heavy atom. The monoisotopic (exact) mass is 265 g/mol. The molecule has 19 heavy (non-hydrogen) atoms. The van der Waals surface area contributed by atoms with Crippen LogP contribution in [0.3, 0.4) is 0 Å². The highest BCUT2D eigenvalue weighted by Crippen LogP contribution is 2.34. The predicted molar refractivity (Wildman–Crippen MR) is 73.5 cm³/mol. The van der Waals surface area contributed by atoms with Gasteiger partial charge >= 0.3 is 5.69 Å². The van der Waals surface area contributed by atoms with Crippen molar-refractivity contribution >= 4 is 17.5 Å². The van der Waals surface area contributed by atoms with Crippen molar-refractivity contribution in [3.05, 3.63) is 16.3 Å². The Morgan fingerprint density at radius 2 is 2.05 bits per heavy atom. The second kappa shape index (κ2) is 4.99. The molecule has 7 heteroatoms. The lowest BCUT2D eigenvalue weighted by atomic mass is 9.83. The first kappa shape index (κ1) is 13.5. The molecule has 2 heterocycles. The summed E-state index contributed by atoms with van der Waals surface area (Å²) in [5.74, 6) is 0.824. The molecule has 0 aliphatic carbocycles. The fourth-order valence-electron chi connectivity index (χ4n) is 2.17. The first-order chi connectivity index (χ1) is 8.93. The maximum absolute atomic E-state index is 11.1. The molecular formula is C12H19N5O2. The van der Waals surface area contributed by atoms with Gasteiger partial charge in [-0.05, 0) is 18.3 Å². The van der Waals surface area contributed by atoms with Gasteiger partial charge in [0.2, 0.25) is 11.8 Å². The lowest BCUT2D eigenvalue weighted by Crippen LogP contribution is -2.38. The molecular weight excluding hydrogens is 246 g/mol. The van der Waals surface area contributed by atoms with Gasteiger partial charge < -0.3 is 10.2 Å². The Labute approximate surface area is 112 Å². The molecule has 7 nitrogen and oxygen atoms in total. The molecule has 0 spiro atoms. The van der Waals surface area contributed by atoms with Crippen molar-refractivity contribution < 1.29 is 4.92 Å². The molecule has 2 rings (SSSR count). The van der Waals surface area contributed by atoms with Crippen molar-refractivity contribution in [1.82, 2.24) is 9.97 Å². The topological polar surface area (TPSA) is 84.2 Å². The summed E-state index contributed by atoms with van der Waals surface area (Å²) in [6, 6.07) is 0. The number of hydrogen-bond donors (Lipinski definition) is 1. The third-order valence-corrected chi connectivity index (χ3v) is 3.59. The van der Waals surface area contributed by atoms with E-state index in [2.05, 4.69) is 29.1 Å². The number of nitro groups is 1. The van der Waals surface area contributed by atoms with Crippen molar-refractivity contribution in [2.75, 3.05) is 30.4 Å². The molecule has 1 aliphatic heterocycles. The molecule has 1 aromatic rings. The first-order valence-electron chi connectivity index (χ1n) is 6.37. The maximum Gasteiger partial charge on any atom is 0.329 e. The van der Waals surface area contributed by atoms with Gasteiger partial charge in [0.1, 0.15) is 6.20 Å². The van der Waals surface area contributed by atoms with Gasteiger partial charge in [-0.25, -0.2) is 4.98 Å². The number of nitrogens with zero attached hydrogens (tertiary/aromatic N) is 4. The Balaban J connectivity index is 2.30. The summed E-state index contributed by atoms with van der Waals surface area (Å²) in [6.45, 7) is 6.01. The van der Waals surface area contributed by atoms with E-state index in [4.69, 9.17) is 0 Å². The third kappa shape index (κ3) is 2.91. The highest BCUT2D eigenvalue weighted by Gasteiger charge is 2.30. The molecule has 1 N–H and O–H groups in total. The number of piperidine rings is 1. The summed E-state index contributed by atoms with van der Waals surface area (Å²) >= 11 is 0. The maximum atomic E-state index is 11.1. The number of aromatic nitrogens is 2. The third-order valence-electron chi connectivity index (χ3n) is 3.59. The summed E-state index contributed by atoms with van der Waals surface area (Å²) in [5.41, 5.74) is 0.267. The lowest BCUT2D eigenvalue weighted by Gasteiger charge is -2.37. The fraction of sp³-hybridized carbons (Fsp3) is 0.667. The van der Waals surface area contributed by atoms with Crippen LogP contribution < -0.4 is 10.2 Å². The van der Waals surface area contributed by atoms with E-state index in [1.54, 1.807) is 7.05 Å². The van der Waals surface area contributed by atoms with Gasteiger partial charge in [0.25, 0.3) is 0 Å². The second-order valence-corrected chi connectivity index (χ2v) is 5.56. The van der Waals surface area contributed by atoms with Crippen LogP contribution in [0, 0.1) is 15.5 Å². The van der Waals surface area contributed by atoms with Crippen LogP contribution in [0.15, 0.2) is 6.20 Å². The number of hydrogen-bond acceptors (Lipinski definition) is 6. The van der Waals surface area contributed by atoms with Crippen LogP contribution in [0.1, 0.15) is 26.7 Å². The smallest absolute Gasteiger partial charge is 0.329 e. The zero-order valence-corrected chi connectivity index (χ0v) is 11.5. The summed E-state index contributed by atoms with van der Waals surface area (Å²) in [6.07, 6.45) is 3.28. The molecule has 1 saturated heterocycles. The van der Waals surface area contributed by atoms with Crippen molar-refractivity contribution in [1.29, 1.82) is 0 Å². The average Bonchev–Trinajstić information content (AvgIpc) is 2.38. The zero-order chi connectivity index (χ0) is 14.0. The standard InChI is InChI=1S/C12H19N5O2/c1-12(2)4-6-16(7-5-12)10-9(17(18)19)8-14-11(13-3)15-10/h8H,4-7H2,1-3H3,(H,13,14,15). The Morgan fingerprint density at radius 3 is 2.58 bits per heavy atom. The SMILES string of the molecule is CNc1ncc([N+](=O)[O-])c(N2CCC(C)(C)CC2)n1. The second-order valence-electron chi connectivity index (χ2n) is 5.56. The average molecular weight is 265 g/mol. The normalized spacial score (nSPS) is 18.2. The number of nitrogens with one attached hydrogen (secondary N) is 1. The van der Waals surface area contributed by atoms with Crippen LogP contribution in [0.4, 0.5) is 17.5 Å². The van der Waals surface area contributed by atoms with Crippen LogP contribution in [0.25, 0.3) is 0 Å². The van der Waals surface area contributed by atoms with E-state index in [0.29, 0.717) is 17.2 Å². The number of anilines is 2. The highest BCUT2D eigenvalue weighted by molar-refractivity contribution is 5.59. The molecule has 0 radical (unpaired) electrons. The molecule has 0 atom stereocenters. The molecule has 0 amide bonds. The molecule has 1 fully saturated rings. The zero-order valence-electron chi connectivity index (χ0n) is 11.5. The first-order valence-corrected chi connectivity index (χ1v) is 6.37. The minimum absolute atomic E-state index is 0.0290. The molecule has 0 bridgehead atoms. The Bertz CT molecular complexity index is 479. The molecule has 104 valence electrons. The molecule has 0 aromatic carbocycles. The molecule has 1 aliphatic rings. The van der Waals surface area contributed by atoms with E-state index in [9.17, 15) is 10.1 Å². The van der Waals surface area contributed by atoms with Gasteiger partial charge in [-0.2, -0.15) is 4.98 Å². The predicted octanol–water partition coefficient (Wildman–Crippen LogP) is 2.05. The van der Waals surface area contributed by atoms with Gasteiger partial charge in [0.05, 0.1) is 4.92 Å². The van der Waals surface area contributed by atoms with Crippen molar-refractivity contribution in [2.45, 2.75) is 26.7 Å². The summed E-state index contributed by atoms with van der Waals surface area (Å²) in [5, 5.41) is 13.9. The Hall–Kier alpha value is -1.92. The van der Waals surface area contributed by atoms with Crippen LogP contribution in [-0.2, 0) is 0 Å². The van der Waals surface area contributed by atoms with Gasteiger partial charge in [-0.15, -0.1) is 0 Å². The molecule has 0 saturated carbocycles. The van der Waals surface area contributed by atoms with Gasteiger partial charge in [0, 0.05) is 20.1 Å². The molecule has 1 aromatic heterocycles. The quantitative estimate of drug-likeness (QED) is 0.665. The van der Waals surface area contributed by atoms with Crippen molar-refractivity contribution in [3.63, 3.8) is 0 Å². The van der Waals surface area contributed by atoms with Crippen LogP contribution >= 0.6 is 0 Å². The van der Waals surface area contributed by atoms with E-state index in [1.807, 2.05) is 4.90 Å². The van der Waals surface area contributed by atoms with Gasteiger partial charge in [0.15, 0.2) is 0 Å². The Kier molecular flexibility index (Phi) is 3.55. The van der Waals surface area contributed by atoms with E-state index < -0.39 is 4.92 Å². The van der Waals surface area contributed by atoms with Gasteiger partial charge in [-0.1, -0.05) is 13.8 Å². The van der Waals surface area contributed by atoms with Gasteiger partial charge in [-0.3, -0.25) is 10.1 Å². The van der Waals surface area contributed by atoms with E-state index in [-0.39, 0.29) is 5.69 Å². The largest absolute Gasteiger partial charge is 0.357 e. The summed E-state index contributed by atoms with van der Waals surface area (Å²) < 4.78 is 0. The van der Waals surface area contributed by atoms with Crippen LogP contribution in [0.5, 0.6) is 0 Å². The minimum atomic E-state index is -0.422. The van der Waals surface area contributed by atoms with E-state index in [1.165, 1.54) is 6.20 Å². The lowest BCUT2D eigenvalue weighted by molar-refractivity contribution is -0.384. The van der Waals surface area contributed by atoms with Crippen LogP contribution in [0.2, 0.25) is 0 Å².